The number of hydrogen-bond acceptors (Lipinski definition) is 5. The average Bonchev–Trinajstić information content (AvgIpc) is 2.53. The van der Waals surface area contributed by atoms with Gasteiger partial charge in [-0.1, -0.05) is 30.3 Å². The fourth-order valence-corrected chi connectivity index (χ4v) is 4.40. The number of hydrogen-bond donors (Lipinski definition) is 2. The van der Waals surface area contributed by atoms with Crippen LogP contribution in [0.25, 0.3) is 0 Å². The van der Waals surface area contributed by atoms with Gasteiger partial charge in [0.25, 0.3) is 0 Å². The van der Waals surface area contributed by atoms with Gasteiger partial charge in [-0.15, -0.1) is 11.8 Å². The highest BCUT2D eigenvalue weighted by atomic mass is 32.2. The van der Waals surface area contributed by atoms with Crippen molar-refractivity contribution in [3.8, 4) is 0 Å². The number of nitrogens with one attached hydrogen (secondary N) is 1. The summed E-state index contributed by atoms with van der Waals surface area (Å²) in [7, 11) is -3.23. The minimum absolute atomic E-state index is 0.0965. The summed E-state index contributed by atoms with van der Waals surface area (Å²) in [5.74, 6) is 0.608. The number of aliphatic hydroxyl groups is 1. The van der Waals surface area contributed by atoms with Crippen LogP contribution in [0.1, 0.15) is 31.9 Å². The van der Waals surface area contributed by atoms with Crippen LogP contribution in [0.15, 0.2) is 30.3 Å². The van der Waals surface area contributed by atoms with E-state index in [0.717, 1.165) is 5.56 Å². The predicted octanol–water partition coefficient (Wildman–Crippen LogP) is 1.63. The van der Waals surface area contributed by atoms with E-state index in [1.54, 1.807) is 0 Å². The fraction of sp³-hybridized carbons (Fsp3) is 0.588. The van der Waals surface area contributed by atoms with Crippen LogP contribution >= 0.6 is 11.8 Å². The van der Waals surface area contributed by atoms with Crippen LogP contribution in [-0.2, 0) is 14.8 Å². The molecular formula is C17H28N2O4S2. The highest BCUT2D eigenvalue weighted by Gasteiger charge is 2.19. The van der Waals surface area contributed by atoms with Crippen molar-refractivity contribution < 1.29 is 18.3 Å². The van der Waals surface area contributed by atoms with Crippen molar-refractivity contribution in [2.24, 2.45) is 0 Å². The normalized spacial score (nSPS) is 13.2. The second kappa shape index (κ2) is 10.8. The molecule has 0 aliphatic carbocycles. The third kappa shape index (κ3) is 8.71. The van der Waals surface area contributed by atoms with E-state index in [1.807, 2.05) is 44.2 Å². The molecule has 2 N–H and O–H groups in total. The molecule has 0 saturated carbocycles. The molecule has 1 aromatic carbocycles. The van der Waals surface area contributed by atoms with Crippen LogP contribution in [0.4, 0.5) is 0 Å². The minimum atomic E-state index is -3.23. The Balaban J connectivity index is 2.21. The molecule has 0 spiro atoms. The second-order valence-corrected chi connectivity index (χ2v) is 9.08. The molecule has 25 heavy (non-hydrogen) atoms. The lowest BCUT2D eigenvalue weighted by molar-refractivity contribution is -0.118. The lowest BCUT2D eigenvalue weighted by atomic mass is 10.1. The van der Waals surface area contributed by atoms with E-state index in [0.29, 0.717) is 25.3 Å². The Kier molecular flexibility index (Phi) is 9.48. The Bertz CT molecular complexity index is 621. The van der Waals surface area contributed by atoms with Crippen LogP contribution in [0.3, 0.4) is 0 Å². The molecule has 0 fully saturated rings. The van der Waals surface area contributed by atoms with Crippen molar-refractivity contribution in [3.63, 3.8) is 0 Å². The third-order valence-electron chi connectivity index (χ3n) is 3.57. The quantitative estimate of drug-likeness (QED) is 0.563. The molecule has 8 heteroatoms. The van der Waals surface area contributed by atoms with Gasteiger partial charge in [0.05, 0.1) is 18.1 Å². The summed E-state index contributed by atoms with van der Waals surface area (Å²) in [5, 5.41) is 12.8. The zero-order chi connectivity index (χ0) is 18.9. The number of rotatable bonds is 11. The van der Waals surface area contributed by atoms with Gasteiger partial charge < -0.3 is 10.4 Å². The van der Waals surface area contributed by atoms with E-state index in [-0.39, 0.29) is 17.7 Å². The SMILES string of the molecule is CC(C)N(CCCNC(=O)CSCC(O)c1ccccc1)S(C)(=O)=O. The van der Waals surface area contributed by atoms with E-state index in [1.165, 1.54) is 22.3 Å². The van der Waals surface area contributed by atoms with E-state index >= 15 is 0 Å². The first-order valence-corrected chi connectivity index (χ1v) is 11.3. The lowest BCUT2D eigenvalue weighted by Crippen LogP contribution is -2.38. The number of sulfonamides is 1. The molecule has 0 radical (unpaired) electrons. The summed E-state index contributed by atoms with van der Waals surface area (Å²) >= 11 is 1.37. The molecule has 0 heterocycles. The van der Waals surface area contributed by atoms with Gasteiger partial charge in [0.2, 0.25) is 15.9 Å². The number of amides is 1. The maximum absolute atomic E-state index is 11.8. The Morgan fingerprint density at radius 2 is 1.92 bits per heavy atom. The summed E-state index contributed by atoms with van der Waals surface area (Å²) < 4.78 is 24.7. The predicted molar refractivity (Wildman–Crippen MR) is 103 cm³/mol. The van der Waals surface area contributed by atoms with Crippen LogP contribution < -0.4 is 5.32 Å². The first kappa shape index (κ1) is 22.0. The summed E-state index contributed by atoms with van der Waals surface area (Å²) in [5.41, 5.74) is 0.838. The first-order valence-electron chi connectivity index (χ1n) is 8.26. The van der Waals surface area contributed by atoms with E-state index in [2.05, 4.69) is 5.32 Å². The summed E-state index contributed by atoms with van der Waals surface area (Å²) in [6.45, 7) is 4.47. The van der Waals surface area contributed by atoms with E-state index in [4.69, 9.17) is 0 Å². The molecule has 1 amide bonds. The Hall–Kier alpha value is -1.09. The largest absolute Gasteiger partial charge is 0.388 e. The zero-order valence-electron chi connectivity index (χ0n) is 15.0. The summed E-state index contributed by atoms with van der Waals surface area (Å²) in [4.78, 5) is 11.8. The number of carbonyl (C=O) groups is 1. The molecule has 0 bridgehead atoms. The number of thioether (sulfide) groups is 1. The van der Waals surface area contributed by atoms with Crippen molar-refractivity contribution in [2.45, 2.75) is 32.4 Å². The van der Waals surface area contributed by atoms with Gasteiger partial charge in [-0.05, 0) is 25.8 Å². The minimum Gasteiger partial charge on any atom is -0.388 e. The molecule has 142 valence electrons. The smallest absolute Gasteiger partial charge is 0.229 e. The van der Waals surface area contributed by atoms with Crippen molar-refractivity contribution in [3.05, 3.63) is 35.9 Å². The van der Waals surface area contributed by atoms with Crippen LogP contribution in [0.5, 0.6) is 0 Å². The topological polar surface area (TPSA) is 86.7 Å². The standard InChI is InChI=1S/C17H28N2O4S2/c1-14(2)19(25(3,22)23)11-7-10-18-17(21)13-24-12-16(20)15-8-5-4-6-9-15/h4-6,8-9,14,16,20H,7,10-13H2,1-3H3,(H,18,21). The van der Waals surface area contributed by atoms with Crippen LogP contribution in [-0.4, -0.2) is 60.6 Å². The molecule has 6 nitrogen and oxygen atoms in total. The van der Waals surface area contributed by atoms with Crippen molar-refractivity contribution in [1.29, 1.82) is 0 Å². The van der Waals surface area contributed by atoms with Gasteiger partial charge in [-0.2, -0.15) is 4.31 Å². The van der Waals surface area contributed by atoms with Gasteiger partial charge in [-0.3, -0.25) is 4.79 Å². The number of benzene rings is 1. The van der Waals surface area contributed by atoms with Gasteiger partial charge in [0.15, 0.2) is 0 Å². The maximum atomic E-state index is 11.8. The monoisotopic (exact) mass is 388 g/mol. The Morgan fingerprint density at radius 1 is 1.28 bits per heavy atom. The fourth-order valence-electron chi connectivity index (χ4n) is 2.36. The molecule has 1 unspecified atom stereocenters. The summed E-state index contributed by atoms with van der Waals surface area (Å²) in [6, 6.07) is 9.24. The molecule has 1 atom stereocenters. The lowest BCUT2D eigenvalue weighted by Gasteiger charge is -2.23. The van der Waals surface area contributed by atoms with Gasteiger partial charge in [0, 0.05) is 24.9 Å². The van der Waals surface area contributed by atoms with E-state index < -0.39 is 16.1 Å². The van der Waals surface area contributed by atoms with Crippen molar-refractivity contribution in [1.82, 2.24) is 9.62 Å². The van der Waals surface area contributed by atoms with Crippen LogP contribution in [0.2, 0.25) is 0 Å². The maximum Gasteiger partial charge on any atom is 0.229 e. The third-order valence-corrected chi connectivity index (χ3v) is 6.05. The average molecular weight is 389 g/mol. The summed E-state index contributed by atoms with van der Waals surface area (Å²) in [6.07, 6.45) is 1.17. The molecule has 0 aliphatic rings. The molecule has 1 rings (SSSR count). The van der Waals surface area contributed by atoms with E-state index in [9.17, 15) is 18.3 Å². The van der Waals surface area contributed by atoms with Gasteiger partial charge in [-0.25, -0.2) is 8.42 Å². The molecule has 0 saturated heterocycles. The molecule has 1 aromatic rings. The second-order valence-electron chi connectivity index (χ2n) is 6.11. The van der Waals surface area contributed by atoms with Gasteiger partial charge in [0.1, 0.15) is 0 Å². The van der Waals surface area contributed by atoms with Crippen molar-refractivity contribution >= 4 is 27.7 Å². The van der Waals surface area contributed by atoms with Crippen LogP contribution in [0, 0.1) is 0 Å². The zero-order valence-corrected chi connectivity index (χ0v) is 16.6. The first-order chi connectivity index (χ1) is 11.7. The number of aliphatic hydroxyl groups excluding tert-OH is 1. The van der Waals surface area contributed by atoms with Crippen molar-refractivity contribution in [2.75, 3.05) is 30.9 Å². The Morgan fingerprint density at radius 3 is 2.48 bits per heavy atom. The highest BCUT2D eigenvalue weighted by Crippen LogP contribution is 2.17. The highest BCUT2D eigenvalue weighted by molar-refractivity contribution is 7.99. The number of nitrogens with zero attached hydrogens (tertiary/aromatic N) is 1. The number of carbonyl (C=O) groups excluding carboxylic acids is 1. The van der Waals surface area contributed by atoms with Gasteiger partial charge >= 0.3 is 0 Å². The molecule has 0 aromatic heterocycles. The Labute approximate surface area is 155 Å². The molecular weight excluding hydrogens is 360 g/mol. The molecule has 0 aliphatic heterocycles.